The minimum Gasteiger partial charge on any atom is -0.300 e. The Morgan fingerprint density at radius 3 is 2.23 bits per heavy atom. The lowest BCUT2D eigenvalue weighted by Crippen LogP contribution is -2.21. The number of hydrogen-bond donors (Lipinski definition) is 0. The summed E-state index contributed by atoms with van der Waals surface area (Å²) in [6.07, 6.45) is 0. The molecule has 1 nitrogen and oxygen atoms in total. The van der Waals surface area contributed by atoms with Gasteiger partial charge in [0.1, 0.15) is 0 Å². The molecular formula is C12H19N. The van der Waals surface area contributed by atoms with Gasteiger partial charge in [0.2, 0.25) is 0 Å². The lowest BCUT2D eigenvalue weighted by Gasteiger charge is -2.23. The Kier molecular flexibility index (Phi) is 3.49. The summed E-state index contributed by atoms with van der Waals surface area (Å²) in [4.78, 5) is 2.34. The van der Waals surface area contributed by atoms with Gasteiger partial charge in [0.25, 0.3) is 0 Å². The molecule has 0 N–H and O–H groups in total. The van der Waals surface area contributed by atoms with Crippen molar-refractivity contribution in [1.82, 2.24) is 4.90 Å². The summed E-state index contributed by atoms with van der Waals surface area (Å²) in [7, 11) is 2.16. The van der Waals surface area contributed by atoms with E-state index < -0.39 is 0 Å². The summed E-state index contributed by atoms with van der Waals surface area (Å²) in [5.41, 5.74) is 2.73. The largest absolute Gasteiger partial charge is 0.300 e. The second-order valence-corrected chi connectivity index (χ2v) is 3.66. The first-order chi connectivity index (χ1) is 6.15. The first kappa shape index (κ1) is 10.3. The molecule has 1 rings (SSSR count). The van der Waals surface area contributed by atoms with E-state index in [9.17, 15) is 0 Å². The fraction of sp³-hybridized carbons (Fsp3) is 0.500. The summed E-state index contributed by atoms with van der Waals surface area (Å²) in [5, 5.41) is 0. The maximum Gasteiger partial charge on any atom is 0.0316 e. The van der Waals surface area contributed by atoms with Gasteiger partial charge in [0.05, 0.1) is 0 Å². The number of benzene rings is 1. The highest BCUT2D eigenvalue weighted by molar-refractivity contribution is 5.23. The molecule has 1 aromatic rings. The van der Waals surface area contributed by atoms with E-state index in [-0.39, 0.29) is 0 Å². The second-order valence-electron chi connectivity index (χ2n) is 3.66. The minimum absolute atomic E-state index is 0.519. The Bertz CT molecular complexity index is 250. The zero-order valence-corrected chi connectivity index (χ0v) is 9.04. The SMILES string of the molecule is CCN(C)C(C)c1ccc(C)cc1. The lowest BCUT2D eigenvalue weighted by atomic mass is 10.1. The highest BCUT2D eigenvalue weighted by Gasteiger charge is 2.08. The molecule has 0 heterocycles. The fourth-order valence-corrected chi connectivity index (χ4v) is 1.37. The molecule has 0 saturated carbocycles. The summed E-state index contributed by atoms with van der Waals surface area (Å²) in [6.45, 7) is 7.64. The van der Waals surface area contributed by atoms with Crippen LogP contribution in [0.4, 0.5) is 0 Å². The monoisotopic (exact) mass is 177 g/mol. The van der Waals surface area contributed by atoms with Gasteiger partial charge in [-0.25, -0.2) is 0 Å². The molecule has 1 heteroatoms. The molecule has 1 unspecified atom stereocenters. The summed E-state index contributed by atoms with van der Waals surface area (Å²) >= 11 is 0. The third kappa shape index (κ3) is 2.56. The average Bonchev–Trinajstić information content (AvgIpc) is 2.17. The van der Waals surface area contributed by atoms with E-state index in [0.717, 1.165) is 6.54 Å². The van der Waals surface area contributed by atoms with Crippen LogP contribution in [0.3, 0.4) is 0 Å². The van der Waals surface area contributed by atoms with Crippen LogP contribution in [0.2, 0.25) is 0 Å². The molecule has 0 aliphatic carbocycles. The number of rotatable bonds is 3. The van der Waals surface area contributed by atoms with Gasteiger partial charge in [-0.1, -0.05) is 36.8 Å². The van der Waals surface area contributed by atoms with Crippen molar-refractivity contribution in [1.29, 1.82) is 0 Å². The van der Waals surface area contributed by atoms with E-state index in [4.69, 9.17) is 0 Å². The maximum atomic E-state index is 2.34. The molecule has 0 amide bonds. The second kappa shape index (κ2) is 4.43. The third-order valence-corrected chi connectivity index (χ3v) is 2.72. The molecule has 0 bridgehead atoms. The van der Waals surface area contributed by atoms with Crippen molar-refractivity contribution in [2.45, 2.75) is 26.8 Å². The lowest BCUT2D eigenvalue weighted by molar-refractivity contribution is 0.276. The fourth-order valence-electron chi connectivity index (χ4n) is 1.37. The Morgan fingerprint density at radius 1 is 1.23 bits per heavy atom. The molecule has 0 aliphatic rings. The van der Waals surface area contributed by atoms with Crippen molar-refractivity contribution in [2.75, 3.05) is 13.6 Å². The van der Waals surface area contributed by atoms with E-state index in [1.165, 1.54) is 11.1 Å². The summed E-state index contributed by atoms with van der Waals surface area (Å²) < 4.78 is 0. The number of hydrogen-bond acceptors (Lipinski definition) is 1. The average molecular weight is 177 g/mol. The van der Waals surface area contributed by atoms with Gasteiger partial charge in [-0.15, -0.1) is 0 Å². The molecule has 1 aromatic carbocycles. The van der Waals surface area contributed by atoms with Crippen molar-refractivity contribution >= 4 is 0 Å². The first-order valence-corrected chi connectivity index (χ1v) is 4.92. The Hall–Kier alpha value is -0.820. The molecular weight excluding hydrogens is 158 g/mol. The topological polar surface area (TPSA) is 3.24 Å². The molecule has 0 aliphatic heterocycles. The van der Waals surface area contributed by atoms with Crippen molar-refractivity contribution in [3.05, 3.63) is 35.4 Å². The van der Waals surface area contributed by atoms with Gasteiger partial charge >= 0.3 is 0 Å². The number of nitrogens with zero attached hydrogens (tertiary/aromatic N) is 1. The van der Waals surface area contributed by atoms with Gasteiger partial charge in [0.15, 0.2) is 0 Å². The Labute approximate surface area is 81.4 Å². The van der Waals surface area contributed by atoms with Crippen LogP contribution < -0.4 is 0 Å². The van der Waals surface area contributed by atoms with Crippen molar-refractivity contribution in [3.63, 3.8) is 0 Å². The van der Waals surface area contributed by atoms with Crippen LogP contribution in [0.25, 0.3) is 0 Å². The van der Waals surface area contributed by atoms with Crippen LogP contribution in [0.1, 0.15) is 31.0 Å². The van der Waals surface area contributed by atoms with Gasteiger partial charge in [-0.3, -0.25) is 4.90 Å². The van der Waals surface area contributed by atoms with Crippen LogP contribution in [0.5, 0.6) is 0 Å². The quantitative estimate of drug-likeness (QED) is 0.686. The van der Waals surface area contributed by atoms with Crippen LogP contribution in [-0.2, 0) is 0 Å². The van der Waals surface area contributed by atoms with Crippen LogP contribution in [-0.4, -0.2) is 18.5 Å². The predicted octanol–water partition coefficient (Wildman–Crippen LogP) is 3.01. The van der Waals surface area contributed by atoms with E-state index in [2.05, 4.69) is 57.0 Å². The van der Waals surface area contributed by atoms with Crippen molar-refractivity contribution < 1.29 is 0 Å². The Morgan fingerprint density at radius 2 is 1.77 bits per heavy atom. The highest BCUT2D eigenvalue weighted by atomic mass is 15.1. The van der Waals surface area contributed by atoms with E-state index in [0.29, 0.717) is 6.04 Å². The van der Waals surface area contributed by atoms with E-state index in [1.807, 2.05) is 0 Å². The highest BCUT2D eigenvalue weighted by Crippen LogP contribution is 2.18. The van der Waals surface area contributed by atoms with Crippen molar-refractivity contribution in [3.8, 4) is 0 Å². The predicted molar refractivity (Wildman–Crippen MR) is 57.9 cm³/mol. The third-order valence-electron chi connectivity index (χ3n) is 2.72. The van der Waals surface area contributed by atoms with Crippen LogP contribution in [0.15, 0.2) is 24.3 Å². The van der Waals surface area contributed by atoms with Gasteiger partial charge in [-0.2, -0.15) is 0 Å². The summed E-state index contributed by atoms with van der Waals surface area (Å²) in [6, 6.07) is 9.30. The minimum atomic E-state index is 0.519. The van der Waals surface area contributed by atoms with Crippen LogP contribution >= 0.6 is 0 Å². The zero-order valence-electron chi connectivity index (χ0n) is 9.04. The Balaban J connectivity index is 2.77. The standard InChI is InChI=1S/C12H19N/c1-5-13(4)11(3)12-8-6-10(2)7-9-12/h6-9,11H,5H2,1-4H3. The van der Waals surface area contributed by atoms with Crippen LogP contribution in [0, 0.1) is 6.92 Å². The molecule has 0 saturated heterocycles. The zero-order chi connectivity index (χ0) is 9.84. The van der Waals surface area contributed by atoms with E-state index >= 15 is 0 Å². The van der Waals surface area contributed by atoms with Gasteiger partial charge in [-0.05, 0) is 33.0 Å². The maximum absolute atomic E-state index is 2.34. The van der Waals surface area contributed by atoms with Crippen molar-refractivity contribution in [2.24, 2.45) is 0 Å². The molecule has 0 fully saturated rings. The first-order valence-electron chi connectivity index (χ1n) is 4.92. The summed E-state index contributed by atoms with van der Waals surface area (Å²) in [5.74, 6) is 0. The molecule has 0 radical (unpaired) electrons. The van der Waals surface area contributed by atoms with E-state index in [1.54, 1.807) is 0 Å². The smallest absolute Gasteiger partial charge is 0.0316 e. The molecule has 13 heavy (non-hydrogen) atoms. The molecule has 0 aromatic heterocycles. The molecule has 1 atom stereocenters. The normalized spacial score (nSPS) is 13.3. The van der Waals surface area contributed by atoms with Gasteiger partial charge in [0, 0.05) is 6.04 Å². The number of aryl methyl sites for hydroxylation is 1. The molecule has 72 valence electrons. The van der Waals surface area contributed by atoms with Gasteiger partial charge < -0.3 is 0 Å². The molecule has 0 spiro atoms.